The summed E-state index contributed by atoms with van der Waals surface area (Å²) in [5, 5.41) is 0. The number of amides is 1. The summed E-state index contributed by atoms with van der Waals surface area (Å²) in [5.74, 6) is 1.96. The highest BCUT2D eigenvalue weighted by atomic mass is 16.2. The minimum atomic E-state index is -0.225. The van der Waals surface area contributed by atoms with Gasteiger partial charge in [-0.3, -0.25) is 9.69 Å². The van der Waals surface area contributed by atoms with E-state index < -0.39 is 0 Å². The summed E-state index contributed by atoms with van der Waals surface area (Å²) >= 11 is 0. The molecule has 4 rings (SSSR count). The quantitative estimate of drug-likeness (QED) is 0.916. The lowest BCUT2D eigenvalue weighted by molar-refractivity contribution is -0.138. The predicted octanol–water partition coefficient (Wildman–Crippen LogP) is 2.66. The molecule has 0 radical (unpaired) electrons. The predicted molar refractivity (Wildman–Crippen MR) is 99.9 cm³/mol. The largest absolute Gasteiger partial charge is 0.340 e. The zero-order valence-electron chi connectivity index (χ0n) is 15.3. The van der Waals surface area contributed by atoms with E-state index in [4.69, 9.17) is 5.73 Å². The highest BCUT2D eigenvalue weighted by molar-refractivity contribution is 5.79. The van der Waals surface area contributed by atoms with Gasteiger partial charge in [-0.15, -0.1) is 0 Å². The van der Waals surface area contributed by atoms with E-state index in [2.05, 4.69) is 4.90 Å². The van der Waals surface area contributed by atoms with Crippen LogP contribution in [-0.4, -0.2) is 47.9 Å². The lowest BCUT2D eigenvalue weighted by atomic mass is 9.92. The van der Waals surface area contributed by atoms with Gasteiger partial charge in [-0.25, -0.2) is 0 Å². The van der Waals surface area contributed by atoms with Crippen molar-refractivity contribution in [3.8, 4) is 0 Å². The monoisotopic (exact) mass is 341 g/mol. The Morgan fingerprint density at radius 3 is 2.40 bits per heavy atom. The number of nitrogens with two attached hydrogens (primary N) is 1. The molecule has 0 aromatic heterocycles. The molecule has 1 aromatic rings. The molecule has 1 aromatic carbocycles. The van der Waals surface area contributed by atoms with Gasteiger partial charge in [0.1, 0.15) is 0 Å². The number of nitrogens with zero attached hydrogens (tertiary/aromatic N) is 2. The van der Waals surface area contributed by atoms with Crippen LogP contribution in [0.15, 0.2) is 30.3 Å². The molecule has 1 aliphatic heterocycles. The maximum absolute atomic E-state index is 12.9. The van der Waals surface area contributed by atoms with Crippen LogP contribution in [0.1, 0.15) is 44.2 Å². The second-order valence-corrected chi connectivity index (χ2v) is 8.33. The van der Waals surface area contributed by atoms with E-state index in [0.29, 0.717) is 0 Å². The van der Waals surface area contributed by atoms with Gasteiger partial charge >= 0.3 is 0 Å². The van der Waals surface area contributed by atoms with E-state index in [9.17, 15) is 4.79 Å². The number of hydrogen-bond acceptors (Lipinski definition) is 3. The first-order chi connectivity index (χ1) is 12.1. The average molecular weight is 341 g/mol. The summed E-state index contributed by atoms with van der Waals surface area (Å²) in [6, 6.07) is 10.6. The van der Waals surface area contributed by atoms with Crippen molar-refractivity contribution in [3.05, 3.63) is 35.9 Å². The molecule has 2 bridgehead atoms. The Morgan fingerprint density at radius 2 is 1.80 bits per heavy atom. The number of piperazine rings is 1. The summed E-state index contributed by atoms with van der Waals surface area (Å²) in [5.41, 5.74) is 7.40. The van der Waals surface area contributed by atoms with Crippen molar-refractivity contribution in [2.24, 2.45) is 23.5 Å². The summed E-state index contributed by atoms with van der Waals surface area (Å²) < 4.78 is 0. The molecule has 2 aliphatic carbocycles. The first-order valence-corrected chi connectivity index (χ1v) is 9.97. The van der Waals surface area contributed by atoms with E-state index in [1.54, 1.807) is 0 Å². The zero-order chi connectivity index (χ0) is 17.4. The first kappa shape index (κ1) is 17.0. The molecule has 5 atom stereocenters. The van der Waals surface area contributed by atoms with Crippen LogP contribution in [0.3, 0.4) is 0 Å². The normalized spacial score (nSPS) is 31.9. The second-order valence-electron chi connectivity index (χ2n) is 8.33. The Morgan fingerprint density at radius 1 is 1.08 bits per heavy atom. The molecule has 4 nitrogen and oxygen atoms in total. The summed E-state index contributed by atoms with van der Waals surface area (Å²) in [7, 11) is 0. The Hall–Kier alpha value is -1.39. The smallest absolute Gasteiger partial charge is 0.227 e. The van der Waals surface area contributed by atoms with Gasteiger partial charge in [0.15, 0.2) is 0 Å². The molecule has 1 amide bonds. The van der Waals surface area contributed by atoms with Crippen molar-refractivity contribution in [2.45, 2.75) is 44.7 Å². The van der Waals surface area contributed by atoms with Gasteiger partial charge in [-0.05, 0) is 36.7 Å². The standard InChI is InChI=1S/C21H31N3O/c1-15(20(22)17-5-3-2-4-6-17)21(25)24-11-9-23(10-12-24)19-14-16-7-8-18(19)13-16/h2-6,15-16,18-20H,7-14,22H2,1H3. The third-order valence-electron chi connectivity index (χ3n) is 6.91. The maximum atomic E-state index is 12.9. The molecular formula is C21H31N3O. The van der Waals surface area contributed by atoms with Crippen molar-refractivity contribution in [3.63, 3.8) is 0 Å². The van der Waals surface area contributed by atoms with Crippen LogP contribution >= 0.6 is 0 Å². The van der Waals surface area contributed by atoms with Gasteiger partial charge in [-0.2, -0.15) is 0 Å². The Kier molecular flexibility index (Phi) is 4.83. The molecular weight excluding hydrogens is 310 g/mol. The van der Waals surface area contributed by atoms with Gasteiger partial charge in [0.25, 0.3) is 0 Å². The minimum Gasteiger partial charge on any atom is -0.340 e. The molecule has 0 spiro atoms. The van der Waals surface area contributed by atoms with Gasteiger partial charge in [0.05, 0.1) is 5.92 Å². The molecule has 5 unspecified atom stereocenters. The molecule has 3 aliphatic rings. The number of rotatable bonds is 4. The average Bonchev–Trinajstić information content (AvgIpc) is 3.30. The van der Waals surface area contributed by atoms with E-state index in [0.717, 1.165) is 49.6 Å². The number of carbonyl (C=O) groups is 1. The molecule has 4 heteroatoms. The third-order valence-corrected chi connectivity index (χ3v) is 6.91. The van der Waals surface area contributed by atoms with Crippen molar-refractivity contribution in [1.82, 2.24) is 9.80 Å². The first-order valence-electron chi connectivity index (χ1n) is 9.97. The van der Waals surface area contributed by atoms with Gasteiger partial charge in [0, 0.05) is 38.3 Å². The highest BCUT2D eigenvalue weighted by Crippen LogP contribution is 2.46. The molecule has 25 heavy (non-hydrogen) atoms. The number of carbonyl (C=O) groups excluding carboxylic acids is 1. The molecule has 1 saturated heterocycles. The van der Waals surface area contributed by atoms with Crippen LogP contribution in [0.4, 0.5) is 0 Å². The Balaban J connectivity index is 1.32. The van der Waals surface area contributed by atoms with Gasteiger partial charge < -0.3 is 10.6 Å². The van der Waals surface area contributed by atoms with E-state index in [-0.39, 0.29) is 17.9 Å². The topological polar surface area (TPSA) is 49.6 Å². The SMILES string of the molecule is CC(C(=O)N1CCN(C2CC3CCC2C3)CC1)C(N)c1ccccc1. The van der Waals surface area contributed by atoms with E-state index >= 15 is 0 Å². The van der Waals surface area contributed by atoms with Crippen LogP contribution in [-0.2, 0) is 4.79 Å². The summed E-state index contributed by atoms with van der Waals surface area (Å²) in [4.78, 5) is 17.6. The fourth-order valence-corrected chi connectivity index (χ4v) is 5.34. The number of benzene rings is 1. The van der Waals surface area contributed by atoms with Crippen molar-refractivity contribution in [1.29, 1.82) is 0 Å². The summed E-state index contributed by atoms with van der Waals surface area (Å²) in [6.45, 7) is 5.76. The van der Waals surface area contributed by atoms with Gasteiger partial charge in [-0.1, -0.05) is 43.7 Å². The Labute approximate surface area is 151 Å². The minimum absolute atomic E-state index is 0.170. The lowest BCUT2D eigenvalue weighted by Gasteiger charge is -2.42. The van der Waals surface area contributed by atoms with Crippen LogP contribution in [0.5, 0.6) is 0 Å². The van der Waals surface area contributed by atoms with E-state index in [1.165, 1.54) is 25.7 Å². The van der Waals surface area contributed by atoms with Crippen LogP contribution in [0, 0.1) is 17.8 Å². The van der Waals surface area contributed by atoms with Crippen LogP contribution < -0.4 is 5.73 Å². The van der Waals surface area contributed by atoms with Gasteiger partial charge in [0.2, 0.25) is 5.91 Å². The van der Waals surface area contributed by atoms with Crippen molar-refractivity contribution in [2.75, 3.05) is 26.2 Å². The lowest BCUT2D eigenvalue weighted by Crippen LogP contribution is -2.54. The zero-order valence-corrected chi connectivity index (χ0v) is 15.3. The maximum Gasteiger partial charge on any atom is 0.227 e. The molecule has 2 N–H and O–H groups in total. The second kappa shape index (κ2) is 7.08. The number of hydrogen-bond donors (Lipinski definition) is 1. The molecule has 1 heterocycles. The molecule has 136 valence electrons. The fraction of sp³-hybridized carbons (Fsp3) is 0.667. The van der Waals surface area contributed by atoms with Crippen LogP contribution in [0.25, 0.3) is 0 Å². The highest BCUT2D eigenvalue weighted by Gasteiger charge is 2.43. The van der Waals surface area contributed by atoms with Crippen molar-refractivity contribution >= 4 is 5.91 Å². The Bertz CT molecular complexity index is 596. The number of fused-ring (bicyclic) bond motifs is 2. The fourth-order valence-electron chi connectivity index (χ4n) is 5.34. The summed E-state index contributed by atoms with van der Waals surface area (Å²) in [6.07, 6.45) is 5.73. The molecule has 3 fully saturated rings. The van der Waals surface area contributed by atoms with Crippen molar-refractivity contribution < 1.29 is 4.79 Å². The molecule has 2 saturated carbocycles. The van der Waals surface area contributed by atoms with Crippen LogP contribution in [0.2, 0.25) is 0 Å². The third kappa shape index (κ3) is 3.34. The van der Waals surface area contributed by atoms with E-state index in [1.807, 2.05) is 42.2 Å².